The van der Waals surface area contributed by atoms with Crippen molar-refractivity contribution in [2.75, 3.05) is 13.7 Å². The van der Waals surface area contributed by atoms with Gasteiger partial charge in [0.15, 0.2) is 0 Å². The third-order valence-corrected chi connectivity index (χ3v) is 4.52. The Morgan fingerprint density at radius 2 is 1.33 bits per heavy atom. The molecular formula is C19H38O5. The Labute approximate surface area is 147 Å². The van der Waals surface area contributed by atoms with Crippen molar-refractivity contribution in [1.82, 2.24) is 0 Å². The molecule has 2 atom stereocenters. The van der Waals surface area contributed by atoms with Gasteiger partial charge in [0, 0.05) is 20.1 Å². The highest BCUT2D eigenvalue weighted by Gasteiger charge is 2.17. The number of rotatable bonds is 18. The first-order valence-corrected chi connectivity index (χ1v) is 9.65. The Bertz CT molecular complexity index is 283. The molecule has 3 N–H and O–H groups in total. The maximum Gasteiger partial charge on any atom is 0.303 e. The number of aliphatic carboxylic acids is 1. The number of carboxylic acid groups (broad SMARTS) is 1. The number of hydrogen-bond donors (Lipinski definition) is 3. The molecule has 0 aromatic rings. The zero-order chi connectivity index (χ0) is 18.0. The third-order valence-electron chi connectivity index (χ3n) is 4.52. The molecule has 0 spiro atoms. The van der Waals surface area contributed by atoms with Crippen LogP contribution in [0.4, 0.5) is 0 Å². The van der Waals surface area contributed by atoms with Gasteiger partial charge < -0.3 is 20.1 Å². The fraction of sp³-hybridized carbons (Fsp3) is 0.947. The number of carbonyl (C=O) groups is 1. The van der Waals surface area contributed by atoms with Gasteiger partial charge in [-0.25, -0.2) is 0 Å². The second-order valence-corrected chi connectivity index (χ2v) is 6.68. The molecule has 0 radical (unpaired) electrons. The number of carboxylic acids is 1. The van der Waals surface area contributed by atoms with Gasteiger partial charge in [-0.05, 0) is 25.7 Å². The molecule has 24 heavy (non-hydrogen) atoms. The highest BCUT2D eigenvalue weighted by molar-refractivity contribution is 5.66. The number of hydrogen-bond acceptors (Lipinski definition) is 4. The normalized spacial score (nSPS) is 13.8. The van der Waals surface area contributed by atoms with Crippen LogP contribution >= 0.6 is 0 Å². The lowest BCUT2D eigenvalue weighted by Gasteiger charge is -2.21. The second-order valence-electron chi connectivity index (χ2n) is 6.68. The van der Waals surface area contributed by atoms with E-state index in [2.05, 4.69) is 0 Å². The Balaban J connectivity index is 3.55. The fourth-order valence-electron chi connectivity index (χ4n) is 2.98. The predicted octanol–water partition coefficient (Wildman–Crippen LogP) is 3.90. The number of aliphatic hydroxyl groups excluding tert-OH is 2. The topological polar surface area (TPSA) is 87.0 Å². The second kappa shape index (κ2) is 17.2. The molecule has 0 rings (SSSR count). The zero-order valence-electron chi connectivity index (χ0n) is 15.4. The van der Waals surface area contributed by atoms with Gasteiger partial charge in [-0.15, -0.1) is 0 Å². The lowest BCUT2D eigenvalue weighted by atomic mass is 9.99. The smallest absolute Gasteiger partial charge is 0.303 e. The molecule has 5 nitrogen and oxygen atoms in total. The first kappa shape index (κ1) is 23.4. The summed E-state index contributed by atoms with van der Waals surface area (Å²) in [6.45, 7) is 0.286. The van der Waals surface area contributed by atoms with E-state index in [1.54, 1.807) is 7.11 Å². The molecule has 0 amide bonds. The Morgan fingerprint density at radius 1 is 0.833 bits per heavy atom. The number of unbranched alkanes of at least 4 members (excludes halogenated alkanes) is 9. The van der Waals surface area contributed by atoms with Crippen molar-refractivity contribution in [2.45, 2.75) is 102 Å². The van der Waals surface area contributed by atoms with Gasteiger partial charge in [-0.3, -0.25) is 4.79 Å². The Morgan fingerprint density at radius 3 is 1.88 bits per heavy atom. The molecule has 0 aromatic heterocycles. The summed E-state index contributed by atoms with van der Waals surface area (Å²) in [6.07, 6.45) is 12.8. The van der Waals surface area contributed by atoms with Crippen molar-refractivity contribution < 1.29 is 24.9 Å². The maximum atomic E-state index is 10.4. The highest BCUT2D eigenvalue weighted by Crippen LogP contribution is 2.17. The average Bonchev–Trinajstić information content (AvgIpc) is 2.56. The lowest BCUT2D eigenvalue weighted by molar-refractivity contribution is -0.137. The summed E-state index contributed by atoms with van der Waals surface area (Å²) in [5.41, 5.74) is 0. The van der Waals surface area contributed by atoms with Gasteiger partial charge in [0.1, 0.15) is 0 Å². The minimum atomic E-state index is -0.717. The van der Waals surface area contributed by atoms with Crippen LogP contribution in [0.2, 0.25) is 0 Å². The quantitative estimate of drug-likeness (QED) is 0.328. The highest BCUT2D eigenvalue weighted by atomic mass is 16.5. The first-order valence-electron chi connectivity index (χ1n) is 9.65. The zero-order valence-corrected chi connectivity index (χ0v) is 15.4. The van der Waals surface area contributed by atoms with Gasteiger partial charge in [0.25, 0.3) is 0 Å². The van der Waals surface area contributed by atoms with Crippen molar-refractivity contribution in [1.29, 1.82) is 0 Å². The van der Waals surface area contributed by atoms with Crippen LogP contribution in [-0.2, 0) is 9.53 Å². The molecule has 0 fully saturated rings. The molecule has 0 aliphatic carbocycles. The van der Waals surface area contributed by atoms with Crippen LogP contribution in [0.15, 0.2) is 0 Å². The molecule has 144 valence electrons. The fourth-order valence-corrected chi connectivity index (χ4v) is 2.98. The molecule has 5 heteroatoms. The van der Waals surface area contributed by atoms with E-state index >= 15 is 0 Å². The van der Waals surface area contributed by atoms with E-state index < -0.39 is 5.97 Å². The van der Waals surface area contributed by atoms with Gasteiger partial charge in [0.2, 0.25) is 0 Å². The summed E-state index contributed by atoms with van der Waals surface area (Å²) in [7, 11) is 1.66. The van der Waals surface area contributed by atoms with E-state index in [9.17, 15) is 9.90 Å². The Kier molecular flexibility index (Phi) is 16.7. The molecule has 0 unspecified atom stereocenters. The summed E-state index contributed by atoms with van der Waals surface area (Å²) in [6, 6.07) is 0. The van der Waals surface area contributed by atoms with Crippen LogP contribution in [0.5, 0.6) is 0 Å². The lowest BCUT2D eigenvalue weighted by Crippen LogP contribution is -2.27. The summed E-state index contributed by atoms with van der Waals surface area (Å²) in [4.78, 5) is 10.4. The molecule has 0 bridgehead atoms. The summed E-state index contributed by atoms with van der Waals surface area (Å²) in [5, 5.41) is 27.5. The summed E-state index contributed by atoms with van der Waals surface area (Å²) in [5.74, 6) is -0.717. The average molecular weight is 347 g/mol. The monoisotopic (exact) mass is 346 g/mol. The molecule has 0 saturated heterocycles. The van der Waals surface area contributed by atoms with Crippen molar-refractivity contribution in [2.24, 2.45) is 0 Å². The van der Waals surface area contributed by atoms with Crippen LogP contribution in [0.25, 0.3) is 0 Å². The molecule has 0 heterocycles. The van der Waals surface area contributed by atoms with Crippen LogP contribution in [0.1, 0.15) is 89.9 Å². The van der Waals surface area contributed by atoms with Crippen LogP contribution in [0.3, 0.4) is 0 Å². The minimum Gasteiger partial charge on any atom is -0.481 e. The third kappa shape index (κ3) is 14.9. The molecule has 0 saturated carbocycles. The number of aliphatic hydroxyl groups is 2. The molecular weight excluding hydrogens is 308 g/mol. The summed E-state index contributed by atoms with van der Waals surface area (Å²) >= 11 is 0. The standard InChI is InChI=1S/C19H38O5/c1-24-18(14-10-6-4-7-11-15-19(22)23)17(21)13-9-5-2-3-8-12-16-20/h17-18,20-21H,2-16H2,1H3,(H,22,23)/t17-,18-/m1/s1. The van der Waals surface area contributed by atoms with E-state index in [1.165, 1.54) is 6.42 Å². The molecule has 0 aromatic carbocycles. The van der Waals surface area contributed by atoms with E-state index in [4.69, 9.17) is 14.9 Å². The van der Waals surface area contributed by atoms with Crippen molar-refractivity contribution in [3.63, 3.8) is 0 Å². The molecule has 0 aliphatic heterocycles. The maximum absolute atomic E-state index is 10.4. The van der Waals surface area contributed by atoms with E-state index in [0.29, 0.717) is 0 Å². The van der Waals surface area contributed by atoms with Gasteiger partial charge in [-0.2, -0.15) is 0 Å². The van der Waals surface area contributed by atoms with Crippen molar-refractivity contribution in [3.8, 4) is 0 Å². The van der Waals surface area contributed by atoms with E-state index in [-0.39, 0.29) is 25.2 Å². The number of ether oxygens (including phenoxy) is 1. The van der Waals surface area contributed by atoms with E-state index in [1.807, 2.05) is 0 Å². The van der Waals surface area contributed by atoms with Crippen LogP contribution < -0.4 is 0 Å². The van der Waals surface area contributed by atoms with Gasteiger partial charge >= 0.3 is 5.97 Å². The predicted molar refractivity (Wildman–Crippen MR) is 96.2 cm³/mol. The molecule has 0 aliphatic rings. The minimum absolute atomic E-state index is 0.0848. The van der Waals surface area contributed by atoms with Crippen molar-refractivity contribution >= 4 is 5.97 Å². The number of methoxy groups -OCH3 is 1. The summed E-state index contributed by atoms with van der Waals surface area (Å²) < 4.78 is 5.43. The van der Waals surface area contributed by atoms with E-state index in [0.717, 1.165) is 77.0 Å². The van der Waals surface area contributed by atoms with Crippen molar-refractivity contribution in [3.05, 3.63) is 0 Å². The largest absolute Gasteiger partial charge is 0.481 e. The van der Waals surface area contributed by atoms with Crippen LogP contribution in [0, 0.1) is 0 Å². The first-order chi connectivity index (χ1) is 11.6. The van der Waals surface area contributed by atoms with Crippen LogP contribution in [-0.4, -0.2) is 47.2 Å². The van der Waals surface area contributed by atoms with Gasteiger partial charge in [-0.1, -0.05) is 57.8 Å². The Hall–Kier alpha value is -0.650. The van der Waals surface area contributed by atoms with Gasteiger partial charge in [0.05, 0.1) is 12.2 Å². The SMILES string of the molecule is CO[C@H](CCCCCCCC(=O)O)[C@H](O)CCCCCCCCO.